The van der Waals surface area contributed by atoms with Crippen molar-refractivity contribution in [3.8, 4) is 5.75 Å². The molecule has 47 heavy (non-hydrogen) atoms. The average Bonchev–Trinajstić information content (AvgIpc) is 2.99. The van der Waals surface area contributed by atoms with Gasteiger partial charge < -0.3 is 42.3 Å². The Kier molecular flexibility index (Phi) is 16.4. The summed E-state index contributed by atoms with van der Waals surface area (Å²) in [6.45, 7) is 2.78. The van der Waals surface area contributed by atoms with Crippen molar-refractivity contribution in [2.45, 2.75) is 57.4 Å². The van der Waals surface area contributed by atoms with E-state index < -0.39 is 73.0 Å². The molecule has 4 amide bonds. The molecule has 17 heteroatoms. The van der Waals surface area contributed by atoms with Crippen LogP contribution >= 0.6 is 0 Å². The van der Waals surface area contributed by atoms with Gasteiger partial charge in [-0.2, -0.15) is 13.2 Å². The number of aliphatic carboxylic acids is 2. The van der Waals surface area contributed by atoms with E-state index in [-0.39, 0.29) is 30.9 Å². The zero-order valence-corrected chi connectivity index (χ0v) is 25.5. The van der Waals surface area contributed by atoms with Gasteiger partial charge in [0.15, 0.2) is 0 Å². The van der Waals surface area contributed by atoms with E-state index >= 15 is 0 Å². The second-order valence-corrected chi connectivity index (χ2v) is 10.6. The molecule has 2 rings (SSSR count). The number of benzene rings is 2. The van der Waals surface area contributed by atoms with Crippen LogP contribution in [0, 0.1) is 5.92 Å². The van der Waals surface area contributed by atoms with Crippen LogP contribution in [0.25, 0.3) is 0 Å². The number of carbonyl (C=O) groups excluding carboxylic acids is 4. The quantitative estimate of drug-likeness (QED) is 0.130. The number of phenolic OH excluding ortho intramolecular Hbond substituents is 1. The van der Waals surface area contributed by atoms with Gasteiger partial charge in [-0.15, -0.1) is 0 Å². The number of nitrogens with two attached hydrogens (primary N) is 1. The first kappa shape index (κ1) is 39.8. The zero-order chi connectivity index (χ0) is 35.7. The number of hydrogen-bond donors (Lipinski definition) is 8. The van der Waals surface area contributed by atoms with Crippen LogP contribution in [0.4, 0.5) is 13.2 Å². The molecule has 0 unspecified atom stereocenters. The summed E-state index contributed by atoms with van der Waals surface area (Å²) in [4.78, 5) is 70.4. The number of alkyl halides is 3. The molecule has 0 aliphatic rings. The maximum Gasteiger partial charge on any atom is 0.490 e. The fraction of sp³-hybridized carbons (Fsp3) is 0.400. The van der Waals surface area contributed by atoms with E-state index in [2.05, 4.69) is 21.3 Å². The van der Waals surface area contributed by atoms with Crippen molar-refractivity contribution in [2.75, 3.05) is 13.1 Å². The van der Waals surface area contributed by atoms with Gasteiger partial charge in [0.25, 0.3) is 0 Å². The Labute approximate surface area is 267 Å². The van der Waals surface area contributed by atoms with Crippen molar-refractivity contribution in [3.05, 3.63) is 65.7 Å². The molecule has 0 bridgehead atoms. The van der Waals surface area contributed by atoms with Crippen LogP contribution in [0.2, 0.25) is 0 Å². The Balaban J connectivity index is 0.00000141. The molecule has 0 aliphatic heterocycles. The molecule has 0 saturated heterocycles. The van der Waals surface area contributed by atoms with E-state index in [1.165, 1.54) is 12.1 Å². The summed E-state index contributed by atoms with van der Waals surface area (Å²) in [5, 5.41) is 35.7. The molecule has 0 saturated carbocycles. The predicted octanol–water partition coefficient (Wildman–Crippen LogP) is 0.471. The van der Waals surface area contributed by atoms with Gasteiger partial charge in [0.05, 0.1) is 19.1 Å². The molecular weight excluding hydrogens is 631 g/mol. The highest BCUT2D eigenvalue weighted by Gasteiger charge is 2.38. The van der Waals surface area contributed by atoms with Crippen LogP contribution in [0.3, 0.4) is 0 Å². The first-order chi connectivity index (χ1) is 21.9. The summed E-state index contributed by atoms with van der Waals surface area (Å²) in [6.07, 6.45) is -4.57. The van der Waals surface area contributed by atoms with E-state index in [4.69, 9.17) is 15.6 Å². The minimum absolute atomic E-state index is 0.0154. The molecule has 258 valence electrons. The lowest BCUT2D eigenvalue weighted by Gasteiger charge is -2.22. The van der Waals surface area contributed by atoms with Gasteiger partial charge in [0.2, 0.25) is 23.6 Å². The molecule has 0 fully saturated rings. The fourth-order valence-corrected chi connectivity index (χ4v) is 3.79. The van der Waals surface area contributed by atoms with Crippen LogP contribution in [-0.4, -0.2) is 88.3 Å². The van der Waals surface area contributed by atoms with Crippen LogP contribution in [0.15, 0.2) is 54.6 Å². The average molecular weight is 670 g/mol. The molecule has 0 aromatic heterocycles. The summed E-state index contributed by atoms with van der Waals surface area (Å²) in [5.74, 6) is -6.38. The van der Waals surface area contributed by atoms with Gasteiger partial charge in [-0.05, 0) is 42.0 Å². The molecule has 9 N–H and O–H groups in total. The highest BCUT2D eigenvalue weighted by atomic mass is 19.4. The monoisotopic (exact) mass is 669 g/mol. The van der Waals surface area contributed by atoms with Crippen molar-refractivity contribution in [1.29, 1.82) is 0 Å². The smallest absolute Gasteiger partial charge is 0.490 e. The van der Waals surface area contributed by atoms with E-state index in [1.54, 1.807) is 42.5 Å². The molecule has 14 nitrogen and oxygen atoms in total. The number of nitrogens with one attached hydrogen (secondary N) is 4. The second kappa shape index (κ2) is 19.4. The van der Waals surface area contributed by atoms with Gasteiger partial charge in [-0.25, -0.2) is 9.59 Å². The number of carboxylic acid groups (broad SMARTS) is 2. The first-order valence-corrected chi connectivity index (χ1v) is 14.1. The summed E-state index contributed by atoms with van der Waals surface area (Å²) >= 11 is 0. The molecule has 0 spiro atoms. The van der Waals surface area contributed by atoms with E-state index in [0.29, 0.717) is 0 Å². The largest absolute Gasteiger partial charge is 0.508 e. The Morgan fingerprint density at radius 1 is 0.745 bits per heavy atom. The van der Waals surface area contributed by atoms with Crippen molar-refractivity contribution in [3.63, 3.8) is 0 Å². The third kappa shape index (κ3) is 16.6. The van der Waals surface area contributed by atoms with Crippen LogP contribution in [-0.2, 0) is 41.6 Å². The lowest BCUT2D eigenvalue weighted by molar-refractivity contribution is -0.192. The van der Waals surface area contributed by atoms with Gasteiger partial charge in [-0.3, -0.25) is 19.2 Å². The lowest BCUT2D eigenvalue weighted by Crippen LogP contribution is -2.54. The Bertz CT molecular complexity index is 1360. The maximum absolute atomic E-state index is 13.0. The standard InChI is InChI=1S/C28H37N5O7.C2HF3O2/c1-17(2)12-23(28(39)40)33-27(38)22(14-18-6-4-3-5-7-18)32-25(36)16-30-24(35)15-31-26(37)21(29)13-19-8-10-20(34)11-9-19;3-2(4,5)1(6)7/h3-11,17,21-23,34H,12-16,29H2,1-2H3,(H,30,35)(H,31,37)(H,32,36)(H,33,38)(H,39,40);(H,6,7)/t21-,22-,23-;/m0./s1. The van der Waals surface area contributed by atoms with E-state index in [0.717, 1.165) is 11.1 Å². The molecule has 0 aliphatic carbocycles. The van der Waals surface area contributed by atoms with E-state index in [9.17, 15) is 47.4 Å². The number of halogens is 3. The number of hydrogen-bond acceptors (Lipinski definition) is 8. The minimum Gasteiger partial charge on any atom is -0.508 e. The number of phenols is 1. The topological polar surface area (TPSA) is 237 Å². The molecule has 3 atom stereocenters. The Hall–Kier alpha value is -5.19. The van der Waals surface area contributed by atoms with Crippen LogP contribution in [0.5, 0.6) is 5.75 Å². The minimum atomic E-state index is -5.08. The highest BCUT2D eigenvalue weighted by Crippen LogP contribution is 2.13. The molecule has 0 radical (unpaired) electrons. The molecule has 2 aromatic rings. The molecule has 0 heterocycles. The van der Waals surface area contributed by atoms with Crippen LogP contribution < -0.4 is 27.0 Å². The van der Waals surface area contributed by atoms with Gasteiger partial charge in [0.1, 0.15) is 17.8 Å². The number of carbonyl (C=O) groups is 6. The third-order valence-corrected chi connectivity index (χ3v) is 6.10. The molecular formula is C30H38F3N5O9. The van der Waals surface area contributed by atoms with Crippen molar-refractivity contribution in [1.82, 2.24) is 21.3 Å². The number of rotatable bonds is 15. The molecule has 2 aromatic carbocycles. The summed E-state index contributed by atoms with van der Waals surface area (Å²) in [6, 6.07) is 12.0. The van der Waals surface area contributed by atoms with Gasteiger partial charge in [0, 0.05) is 6.42 Å². The lowest BCUT2D eigenvalue weighted by atomic mass is 10.0. The highest BCUT2D eigenvalue weighted by molar-refractivity contribution is 5.93. The number of aromatic hydroxyl groups is 1. The van der Waals surface area contributed by atoms with Crippen molar-refractivity contribution >= 4 is 35.6 Å². The summed E-state index contributed by atoms with van der Waals surface area (Å²) in [7, 11) is 0. The normalized spacial score (nSPS) is 12.7. The number of amides is 4. The first-order valence-electron chi connectivity index (χ1n) is 14.1. The van der Waals surface area contributed by atoms with Crippen LogP contribution in [0.1, 0.15) is 31.4 Å². The third-order valence-electron chi connectivity index (χ3n) is 6.10. The SMILES string of the molecule is CC(C)C[C@H](NC(=O)[C@H](Cc1ccccc1)NC(=O)CNC(=O)CNC(=O)[C@@H](N)Cc1ccc(O)cc1)C(=O)O.O=C(O)C(F)(F)F. The van der Waals surface area contributed by atoms with E-state index in [1.807, 2.05) is 13.8 Å². The second-order valence-electron chi connectivity index (χ2n) is 10.6. The maximum atomic E-state index is 13.0. The summed E-state index contributed by atoms with van der Waals surface area (Å²) < 4.78 is 31.7. The van der Waals surface area contributed by atoms with Crippen molar-refractivity contribution in [2.24, 2.45) is 11.7 Å². The van der Waals surface area contributed by atoms with Crippen molar-refractivity contribution < 1.29 is 57.3 Å². The van der Waals surface area contributed by atoms with Gasteiger partial charge in [-0.1, -0.05) is 56.3 Å². The van der Waals surface area contributed by atoms with Gasteiger partial charge >= 0.3 is 18.1 Å². The Morgan fingerprint density at radius 3 is 1.79 bits per heavy atom. The fourth-order valence-electron chi connectivity index (χ4n) is 3.79. The zero-order valence-electron chi connectivity index (χ0n) is 25.5. The predicted molar refractivity (Wildman–Crippen MR) is 161 cm³/mol. The number of carboxylic acids is 2. The Morgan fingerprint density at radius 2 is 1.28 bits per heavy atom. The summed E-state index contributed by atoms with van der Waals surface area (Å²) in [5.41, 5.74) is 7.35.